The SMILES string of the molecule is CCOP(=O)(CO)N(C)c1ccccc1. The first kappa shape index (κ1) is 12.2. The summed E-state index contributed by atoms with van der Waals surface area (Å²) in [5, 5.41) is 9.12. The molecular formula is C10H16NO3P. The highest BCUT2D eigenvalue weighted by molar-refractivity contribution is 7.60. The molecule has 0 aromatic heterocycles. The largest absolute Gasteiger partial charge is 0.384 e. The predicted molar refractivity (Wildman–Crippen MR) is 61.2 cm³/mol. The predicted octanol–water partition coefficient (Wildman–Crippen LogP) is 2.30. The molecule has 0 aliphatic rings. The van der Waals surface area contributed by atoms with Crippen LogP contribution in [0.25, 0.3) is 0 Å². The zero-order valence-corrected chi connectivity index (χ0v) is 9.85. The van der Waals surface area contributed by atoms with Crippen LogP contribution in [0.3, 0.4) is 0 Å². The molecule has 0 amide bonds. The highest BCUT2D eigenvalue weighted by Gasteiger charge is 2.27. The number of hydrogen-bond acceptors (Lipinski definition) is 3. The lowest BCUT2D eigenvalue weighted by molar-refractivity contribution is 0.283. The van der Waals surface area contributed by atoms with Gasteiger partial charge >= 0.3 is 7.52 Å². The first-order chi connectivity index (χ1) is 7.14. The van der Waals surface area contributed by atoms with Gasteiger partial charge in [0.25, 0.3) is 0 Å². The molecule has 0 bridgehead atoms. The average molecular weight is 229 g/mol. The van der Waals surface area contributed by atoms with Crippen LogP contribution in [0, 0.1) is 0 Å². The van der Waals surface area contributed by atoms with Gasteiger partial charge in [-0.3, -0.25) is 4.57 Å². The van der Waals surface area contributed by atoms with Crippen molar-refractivity contribution in [3.05, 3.63) is 30.3 Å². The van der Waals surface area contributed by atoms with E-state index >= 15 is 0 Å². The van der Waals surface area contributed by atoms with E-state index in [0.29, 0.717) is 6.61 Å². The summed E-state index contributed by atoms with van der Waals surface area (Å²) in [7, 11) is -1.47. The van der Waals surface area contributed by atoms with Gasteiger partial charge in [-0.2, -0.15) is 0 Å². The molecule has 0 fully saturated rings. The molecular weight excluding hydrogens is 213 g/mol. The minimum absolute atomic E-state index is 0.314. The molecule has 0 aliphatic carbocycles. The van der Waals surface area contributed by atoms with Crippen molar-refractivity contribution in [1.29, 1.82) is 0 Å². The van der Waals surface area contributed by atoms with Gasteiger partial charge in [-0.25, -0.2) is 0 Å². The number of benzene rings is 1. The van der Waals surface area contributed by atoms with E-state index in [4.69, 9.17) is 9.63 Å². The van der Waals surface area contributed by atoms with Crippen LogP contribution in [-0.4, -0.2) is 25.1 Å². The zero-order valence-electron chi connectivity index (χ0n) is 8.96. The van der Waals surface area contributed by atoms with E-state index in [1.54, 1.807) is 14.0 Å². The van der Waals surface area contributed by atoms with Crippen LogP contribution in [0.1, 0.15) is 6.92 Å². The fraction of sp³-hybridized carbons (Fsp3) is 0.400. The van der Waals surface area contributed by atoms with Crippen LogP contribution in [0.5, 0.6) is 0 Å². The van der Waals surface area contributed by atoms with Crippen molar-refractivity contribution in [2.75, 3.05) is 24.7 Å². The lowest BCUT2D eigenvalue weighted by Crippen LogP contribution is -2.17. The van der Waals surface area contributed by atoms with Crippen molar-refractivity contribution in [1.82, 2.24) is 0 Å². The van der Waals surface area contributed by atoms with Crippen LogP contribution >= 0.6 is 7.52 Å². The van der Waals surface area contributed by atoms with Crippen molar-refractivity contribution in [3.8, 4) is 0 Å². The van der Waals surface area contributed by atoms with Gasteiger partial charge in [0.2, 0.25) is 0 Å². The second kappa shape index (κ2) is 5.31. The monoisotopic (exact) mass is 229 g/mol. The summed E-state index contributed by atoms with van der Waals surface area (Å²) in [5.74, 6) is 0. The van der Waals surface area contributed by atoms with Gasteiger partial charge in [0, 0.05) is 12.7 Å². The van der Waals surface area contributed by atoms with Gasteiger partial charge in [-0.1, -0.05) is 18.2 Å². The Bertz CT molecular complexity index is 342. The van der Waals surface area contributed by atoms with Crippen molar-refractivity contribution >= 4 is 13.2 Å². The molecule has 1 atom stereocenters. The molecule has 0 aliphatic heterocycles. The molecule has 1 rings (SSSR count). The van der Waals surface area contributed by atoms with Crippen LogP contribution < -0.4 is 4.67 Å². The normalized spacial score (nSPS) is 14.6. The van der Waals surface area contributed by atoms with Crippen LogP contribution in [0.2, 0.25) is 0 Å². The minimum Gasteiger partial charge on any atom is -0.384 e. The number of rotatable bonds is 5. The summed E-state index contributed by atoms with van der Waals surface area (Å²) in [6.07, 6.45) is -0.480. The van der Waals surface area contributed by atoms with E-state index < -0.39 is 13.9 Å². The number of para-hydroxylation sites is 1. The lowest BCUT2D eigenvalue weighted by Gasteiger charge is -2.27. The average Bonchev–Trinajstić information content (AvgIpc) is 2.29. The third-order valence-electron chi connectivity index (χ3n) is 2.10. The zero-order chi connectivity index (χ0) is 11.3. The van der Waals surface area contributed by atoms with E-state index in [0.717, 1.165) is 5.69 Å². The highest BCUT2D eigenvalue weighted by atomic mass is 31.2. The Labute approximate surface area is 90.0 Å². The first-order valence-electron chi connectivity index (χ1n) is 4.77. The molecule has 4 nitrogen and oxygen atoms in total. The fourth-order valence-corrected chi connectivity index (χ4v) is 2.58. The molecule has 1 aromatic rings. The standard InChI is InChI=1S/C10H16NO3P/c1-3-14-15(13,9-12)11(2)10-7-5-4-6-8-10/h4-8,12H,3,9H2,1-2H3. The van der Waals surface area contributed by atoms with E-state index in [2.05, 4.69) is 0 Å². The van der Waals surface area contributed by atoms with Crippen LogP contribution in [-0.2, 0) is 9.09 Å². The molecule has 1 aromatic carbocycles. The molecule has 0 saturated heterocycles. The Morgan fingerprint density at radius 3 is 2.47 bits per heavy atom. The summed E-state index contributed by atoms with van der Waals surface area (Å²) in [6.45, 7) is 2.07. The summed E-state index contributed by atoms with van der Waals surface area (Å²) in [5.41, 5.74) is 0.767. The van der Waals surface area contributed by atoms with E-state index in [1.807, 2.05) is 30.3 Å². The molecule has 0 radical (unpaired) electrons. The van der Waals surface area contributed by atoms with Gasteiger partial charge in [-0.05, 0) is 19.1 Å². The van der Waals surface area contributed by atoms with E-state index in [-0.39, 0.29) is 0 Å². The first-order valence-corrected chi connectivity index (χ1v) is 6.54. The van der Waals surface area contributed by atoms with Crippen molar-refractivity contribution in [3.63, 3.8) is 0 Å². The molecule has 0 saturated carbocycles. The van der Waals surface area contributed by atoms with Crippen molar-refractivity contribution in [2.45, 2.75) is 6.92 Å². The van der Waals surface area contributed by atoms with Crippen LogP contribution in [0.15, 0.2) is 30.3 Å². The fourth-order valence-electron chi connectivity index (χ4n) is 1.24. The second-order valence-corrected chi connectivity index (χ2v) is 5.47. The molecule has 1 unspecified atom stereocenters. The van der Waals surface area contributed by atoms with Crippen molar-refractivity contribution < 1.29 is 14.2 Å². The summed E-state index contributed by atoms with van der Waals surface area (Å²) in [4.78, 5) is 0. The Morgan fingerprint density at radius 2 is 2.00 bits per heavy atom. The maximum absolute atomic E-state index is 12.1. The van der Waals surface area contributed by atoms with Crippen LogP contribution in [0.4, 0.5) is 5.69 Å². The molecule has 1 N–H and O–H groups in total. The smallest absolute Gasteiger partial charge is 0.321 e. The molecule has 5 heteroatoms. The number of hydrogen-bond donors (Lipinski definition) is 1. The Hall–Kier alpha value is -0.830. The van der Waals surface area contributed by atoms with Crippen molar-refractivity contribution in [2.24, 2.45) is 0 Å². The third-order valence-corrected chi connectivity index (χ3v) is 4.26. The Kier molecular flexibility index (Phi) is 4.33. The summed E-state index contributed by atoms with van der Waals surface area (Å²) >= 11 is 0. The third kappa shape index (κ3) is 2.81. The van der Waals surface area contributed by atoms with E-state index in [9.17, 15) is 4.57 Å². The maximum Gasteiger partial charge on any atom is 0.321 e. The number of aliphatic hydroxyl groups is 1. The van der Waals surface area contributed by atoms with Gasteiger partial charge in [-0.15, -0.1) is 0 Å². The summed E-state index contributed by atoms with van der Waals surface area (Å²) < 4.78 is 18.8. The van der Waals surface area contributed by atoms with Gasteiger partial charge in [0.1, 0.15) is 6.35 Å². The van der Waals surface area contributed by atoms with Gasteiger partial charge < -0.3 is 14.3 Å². The van der Waals surface area contributed by atoms with E-state index in [1.165, 1.54) is 4.67 Å². The summed E-state index contributed by atoms with van der Waals surface area (Å²) in [6, 6.07) is 9.21. The molecule has 84 valence electrons. The molecule has 15 heavy (non-hydrogen) atoms. The lowest BCUT2D eigenvalue weighted by atomic mass is 10.3. The van der Waals surface area contributed by atoms with Gasteiger partial charge in [0.15, 0.2) is 0 Å². The second-order valence-electron chi connectivity index (χ2n) is 3.06. The Balaban J connectivity index is 2.92. The Morgan fingerprint density at radius 1 is 1.40 bits per heavy atom. The molecule has 0 heterocycles. The minimum atomic E-state index is -3.12. The molecule has 0 spiro atoms. The number of aliphatic hydroxyl groups excluding tert-OH is 1. The number of anilines is 1. The van der Waals surface area contributed by atoms with Gasteiger partial charge in [0.05, 0.1) is 6.61 Å². The topological polar surface area (TPSA) is 49.8 Å². The quantitative estimate of drug-likeness (QED) is 0.787. The maximum atomic E-state index is 12.1. The highest BCUT2D eigenvalue weighted by Crippen LogP contribution is 2.50. The number of nitrogens with zero attached hydrogens (tertiary/aromatic N) is 1.